The average molecular weight is 410 g/mol. The Balaban J connectivity index is 1.57. The molecule has 2 aromatic carbocycles. The smallest absolute Gasteiger partial charge is 0.311 e. The van der Waals surface area contributed by atoms with Crippen molar-refractivity contribution in [3.63, 3.8) is 0 Å². The third-order valence-corrected chi connectivity index (χ3v) is 4.93. The van der Waals surface area contributed by atoms with E-state index in [4.69, 9.17) is 9.47 Å². The predicted molar refractivity (Wildman–Crippen MR) is 114 cm³/mol. The van der Waals surface area contributed by atoms with Crippen molar-refractivity contribution < 1.29 is 23.9 Å². The van der Waals surface area contributed by atoms with Crippen LogP contribution in [0.15, 0.2) is 42.5 Å². The van der Waals surface area contributed by atoms with Crippen LogP contribution in [0.1, 0.15) is 24.5 Å². The number of carbonyl (C=O) groups is 3. The highest BCUT2D eigenvalue weighted by atomic mass is 16.5. The maximum absolute atomic E-state index is 12.5. The standard InChI is InChI=1S/C23H26N2O5/c1-4-29-20-8-6-5-7-19(20)25-13-17(12-22(25)27)23(28)30-14-21(26)24-18-11-15(2)9-10-16(18)3/h5-11,17H,4,12-14H2,1-3H3,(H,24,26)/t17-/m1/s1. The molecular formula is C23H26N2O5. The van der Waals surface area contributed by atoms with Crippen molar-refractivity contribution >= 4 is 29.2 Å². The lowest BCUT2D eigenvalue weighted by atomic mass is 10.1. The molecule has 0 aliphatic carbocycles. The fourth-order valence-corrected chi connectivity index (χ4v) is 3.37. The van der Waals surface area contributed by atoms with Crippen LogP contribution in [0.2, 0.25) is 0 Å². The van der Waals surface area contributed by atoms with E-state index in [9.17, 15) is 14.4 Å². The summed E-state index contributed by atoms with van der Waals surface area (Å²) in [5, 5.41) is 2.75. The summed E-state index contributed by atoms with van der Waals surface area (Å²) >= 11 is 0. The van der Waals surface area contributed by atoms with Crippen LogP contribution in [-0.4, -0.2) is 37.5 Å². The van der Waals surface area contributed by atoms with Crippen LogP contribution in [0.5, 0.6) is 5.75 Å². The number of hydrogen-bond acceptors (Lipinski definition) is 5. The van der Waals surface area contributed by atoms with Crippen LogP contribution in [0.4, 0.5) is 11.4 Å². The molecular weight excluding hydrogens is 384 g/mol. The van der Waals surface area contributed by atoms with Gasteiger partial charge in [-0.15, -0.1) is 0 Å². The fraction of sp³-hybridized carbons (Fsp3) is 0.348. The minimum atomic E-state index is -0.624. The number of ether oxygens (including phenoxy) is 2. The van der Waals surface area contributed by atoms with Crippen molar-refractivity contribution in [3.05, 3.63) is 53.6 Å². The third-order valence-electron chi connectivity index (χ3n) is 4.93. The van der Waals surface area contributed by atoms with Crippen molar-refractivity contribution in [1.29, 1.82) is 0 Å². The first-order chi connectivity index (χ1) is 14.4. The van der Waals surface area contributed by atoms with Crippen LogP contribution < -0.4 is 15.0 Å². The molecule has 1 atom stereocenters. The number of para-hydroxylation sites is 2. The van der Waals surface area contributed by atoms with Crippen LogP contribution in [0, 0.1) is 19.8 Å². The zero-order chi connectivity index (χ0) is 21.7. The second kappa shape index (κ2) is 9.43. The molecule has 1 heterocycles. The zero-order valence-corrected chi connectivity index (χ0v) is 17.4. The highest BCUT2D eigenvalue weighted by Crippen LogP contribution is 2.33. The Kier molecular flexibility index (Phi) is 6.72. The number of esters is 1. The summed E-state index contributed by atoms with van der Waals surface area (Å²) in [5.41, 5.74) is 3.26. The third kappa shape index (κ3) is 4.97. The number of carbonyl (C=O) groups excluding carboxylic acids is 3. The molecule has 1 saturated heterocycles. The van der Waals surface area contributed by atoms with Crippen molar-refractivity contribution in [2.24, 2.45) is 5.92 Å². The topological polar surface area (TPSA) is 84.9 Å². The maximum Gasteiger partial charge on any atom is 0.311 e. The molecule has 7 nitrogen and oxygen atoms in total. The highest BCUT2D eigenvalue weighted by molar-refractivity contribution is 6.01. The Hall–Kier alpha value is -3.35. The molecule has 0 radical (unpaired) electrons. The molecule has 1 N–H and O–H groups in total. The van der Waals surface area contributed by atoms with Crippen molar-refractivity contribution in [2.45, 2.75) is 27.2 Å². The largest absolute Gasteiger partial charge is 0.492 e. The van der Waals surface area contributed by atoms with Gasteiger partial charge in [-0.25, -0.2) is 0 Å². The summed E-state index contributed by atoms with van der Waals surface area (Å²) in [7, 11) is 0. The molecule has 2 aromatic rings. The van der Waals surface area contributed by atoms with Gasteiger partial charge in [0.1, 0.15) is 5.75 Å². The van der Waals surface area contributed by atoms with Gasteiger partial charge in [0.2, 0.25) is 5.91 Å². The van der Waals surface area contributed by atoms with Crippen molar-refractivity contribution in [3.8, 4) is 5.75 Å². The van der Waals surface area contributed by atoms with Gasteiger partial charge in [-0.2, -0.15) is 0 Å². The summed E-state index contributed by atoms with van der Waals surface area (Å²) in [6.07, 6.45) is 0.0396. The molecule has 1 aliphatic rings. The molecule has 0 bridgehead atoms. The molecule has 0 aromatic heterocycles. The minimum absolute atomic E-state index is 0.0396. The number of benzene rings is 2. The number of rotatable bonds is 7. The number of anilines is 2. The van der Waals surface area contributed by atoms with E-state index in [0.29, 0.717) is 23.7 Å². The summed E-state index contributed by atoms with van der Waals surface area (Å²) < 4.78 is 10.8. The van der Waals surface area contributed by atoms with E-state index in [2.05, 4.69) is 5.32 Å². The lowest BCUT2D eigenvalue weighted by molar-refractivity contribution is -0.151. The van der Waals surface area contributed by atoms with E-state index in [1.807, 2.05) is 51.1 Å². The highest BCUT2D eigenvalue weighted by Gasteiger charge is 2.37. The van der Waals surface area contributed by atoms with E-state index in [1.54, 1.807) is 12.1 Å². The van der Waals surface area contributed by atoms with E-state index < -0.39 is 24.4 Å². The van der Waals surface area contributed by atoms with E-state index in [1.165, 1.54) is 4.90 Å². The van der Waals surface area contributed by atoms with Gasteiger partial charge in [-0.3, -0.25) is 14.4 Å². The summed E-state index contributed by atoms with van der Waals surface area (Å²) in [4.78, 5) is 38.6. The van der Waals surface area contributed by atoms with Crippen LogP contribution in [0.25, 0.3) is 0 Å². The number of aryl methyl sites for hydroxylation is 2. The number of nitrogens with zero attached hydrogens (tertiary/aromatic N) is 1. The van der Waals surface area contributed by atoms with Gasteiger partial charge in [-0.1, -0.05) is 24.3 Å². The number of hydrogen-bond donors (Lipinski definition) is 1. The van der Waals surface area contributed by atoms with Crippen LogP contribution in [-0.2, 0) is 19.1 Å². The molecule has 0 spiro atoms. The van der Waals surface area contributed by atoms with Gasteiger partial charge >= 0.3 is 5.97 Å². The second-order valence-corrected chi connectivity index (χ2v) is 7.28. The summed E-state index contributed by atoms with van der Waals surface area (Å²) in [6, 6.07) is 12.9. The lowest BCUT2D eigenvalue weighted by Gasteiger charge is -2.20. The molecule has 1 aliphatic heterocycles. The van der Waals surface area contributed by atoms with Gasteiger partial charge in [0, 0.05) is 18.7 Å². The van der Waals surface area contributed by atoms with E-state index in [0.717, 1.165) is 11.1 Å². The van der Waals surface area contributed by atoms with Gasteiger partial charge in [0.15, 0.2) is 6.61 Å². The molecule has 3 rings (SSSR count). The predicted octanol–water partition coefficient (Wildman–Crippen LogP) is 3.24. The lowest BCUT2D eigenvalue weighted by Crippen LogP contribution is -2.28. The zero-order valence-electron chi connectivity index (χ0n) is 17.4. The van der Waals surface area contributed by atoms with Gasteiger partial charge in [-0.05, 0) is 50.1 Å². The Morgan fingerprint density at radius 1 is 1.17 bits per heavy atom. The van der Waals surface area contributed by atoms with E-state index >= 15 is 0 Å². The summed E-state index contributed by atoms with van der Waals surface area (Å²) in [6.45, 7) is 5.96. The summed E-state index contributed by atoms with van der Waals surface area (Å²) in [5.74, 6) is -1.18. The molecule has 1 fully saturated rings. The Labute approximate surface area is 176 Å². The quantitative estimate of drug-likeness (QED) is 0.709. The molecule has 0 unspecified atom stereocenters. The fourth-order valence-electron chi connectivity index (χ4n) is 3.37. The minimum Gasteiger partial charge on any atom is -0.492 e. The maximum atomic E-state index is 12.5. The number of amides is 2. The van der Waals surface area contributed by atoms with Crippen molar-refractivity contribution in [2.75, 3.05) is 30.0 Å². The molecule has 0 saturated carbocycles. The molecule has 2 amide bonds. The van der Waals surface area contributed by atoms with E-state index in [-0.39, 0.29) is 18.9 Å². The van der Waals surface area contributed by atoms with Crippen LogP contribution >= 0.6 is 0 Å². The second-order valence-electron chi connectivity index (χ2n) is 7.28. The first kappa shape index (κ1) is 21.4. The average Bonchev–Trinajstić information content (AvgIpc) is 3.11. The SMILES string of the molecule is CCOc1ccccc1N1C[C@H](C(=O)OCC(=O)Nc2cc(C)ccc2C)CC1=O. The monoisotopic (exact) mass is 410 g/mol. The Bertz CT molecular complexity index is 956. The van der Waals surface area contributed by atoms with Crippen LogP contribution in [0.3, 0.4) is 0 Å². The molecule has 7 heteroatoms. The Morgan fingerprint density at radius 2 is 1.93 bits per heavy atom. The van der Waals surface area contributed by atoms with Gasteiger partial charge in [0.25, 0.3) is 5.91 Å². The normalized spacial score (nSPS) is 15.8. The number of nitrogens with one attached hydrogen (secondary N) is 1. The van der Waals surface area contributed by atoms with Gasteiger partial charge in [0.05, 0.1) is 18.2 Å². The molecule has 158 valence electrons. The Morgan fingerprint density at radius 3 is 2.70 bits per heavy atom. The van der Waals surface area contributed by atoms with Crippen molar-refractivity contribution in [1.82, 2.24) is 0 Å². The first-order valence-electron chi connectivity index (χ1n) is 9.95. The van der Waals surface area contributed by atoms with Gasteiger partial charge < -0.3 is 19.7 Å². The first-order valence-corrected chi connectivity index (χ1v) is 9.95. The molecule has 30 heavy (non-hydrogen) atoms.